The lowest BCUT2D eigenvalue weighted by Gasteiger charge is -2.04. The average Bonchev–Trinajstić information content (AvgIpc) is 2.26. The Bertz CT molecular complexity index is 427. The van der Waals surface area contributed by atoms with Gasteiger partial charge >= 0.3 is 0 Å². The summed E-state index contributed by atoms with van der Waals surface area (Å²) in [6.45, 7) is 1.72. The standard InChI is InChI=1S/C12H11BrO2/c1-3-4-5-12(14)10-8-9(15-2)6-7-11(10)13/h6-8H,5H2,1-2H3. The number of rotatable bonds is 3. The molecule has 0 saturated carbocycles. The summed E-state index contributed by atoms with van der Waals surface area (Å²) < 4.78 is 5.83. The number of carbonyl (C=O) groups is 1. The summed E-state index contributed by atoms with van der Waals surface area (Å²) in [5, 5.41) is 0. The van der Waals surface area contributed by atoms with Gasteiger partial charge in [0.25, 0.3) is 0 Å². The molecule has 0 amide bonds. The first kappa shape index (κ1) is 11.8. The van der Waals surface area contributed by atoms with Crippen LogP contribution in [0.1, 0.15) is 23.7 Å². The molecule has 0 fully saturated rings. The van der Waals surface area contributed by atoms with Crippen LogP contribution < -0.4 is 4.74 Å². The van der Waals surface area contributed by atoms with Crippen molar-refractivity contribution in [1.82, 2.24) is 0 Å². The largest absolute Gasteiger partial charge is 0.497 e. The van der Waals surface area contributed by atoms with Gasteiger partial charge in [-0.15, -0.1) is 5.92 Å². The number of methoxy groups -OCH3 is 1. The van der Waals surface area contributed by atoms with Crippen LogP contribution in [0.5, 0.6) is 5.75 Å². The summed E-state index contributed by atoms with van der Waals surface area (Å²) >= 11 is 3.33. The van der Waals surface area contributed by atoms with Crippen LogP contribution in [-0.2, 0) is 0 Å². The number of carbonyl (C=O) groups excluding carboxylic acids is 1. The molecule has 0 heterocycles. The van der Waals surface area contributed by atoms with E-state index in [0.29, 0.717) is 11.3 Å². The molecule has 0 bridgehead atoms. The molecule has 1 aromatic carbocycles. The molecule has 0 aromatic heterocycles. The van der Waals surface area contributed by atoms with Gasteiger partial charge in [0.05, 0.1) is 13.5 Å². The molecule has 0 aliphatic rings. The molecule has 0 saturated heterocycles. The van der Waals surface area contributed by atoms with Gasteiger partial charge in [0, 0.05) is 10.0 Å². The van der Waals surface area contributed by atoms with E-state index >= 15 is 0 Å². The van der Waals surface area contributed by atoms with E-state index < -0.39 is 0 Å². The summed E-state index contributed by atoms with van der Waals surface area (Å²) in [4.78, 5) is 11.7. The predicted molar refractivity (Wildman–Crippen MR) is 63.1 cm³/mol. The summed E-state index contributed by atoms with van der Waals surface area (Å²) in [5.41, 5.74) is 0.608. The third-order valence-corrected chi connectivity index (χ3v) is 2.59. The normalized spacial score (nSPS) is 9.00. The van der Waals surface area contributed by atoms with Crippen molar-refractivity contribution in [3.8, 4) is 17.6 Å². The second kappa shape index (κ2) is 5.57. The highest BCUT2D eigenvalue weighted by atomic mass is 79.9. The third-order valence-electron chi connectivity index (χ3n) is 1.90. The van der Waals surface area contributed by atoms with Crippen LogP contribution in [0.3, 0.4) is 0 Å². The van der Waals surface area contributed by atoms with Crippen molar-refractivity contribution in [1.29, 1.82) is 0 Å². The van der Waals surface area contributed by atoms with E-state index in [2.05, 4.69) is 27.8 Å². The summed E-state index contributed by atoms with van der Waals surface area (Å²) in [7, 11) is 1.57. The molecular formula is C12H11BrO2. The van der Waals surface area contributed by atoms with Crippen molar-refractivity contribution in [3.63, 3.8) is 0 Å². The predicted octanol–water partition coefficient (Wildman–Crippen LogP) is 3.05. The maximum Gasteiger partial charge on any atom is 0.175 e. The topological polar surface area (TPSA) is 26.3 Å². The van der Waals surface area contributed by atoms with Gasteiger partial charge in [-0.3, -0.25) is 4.79 Å². The number of hydrogen-bond donors (Lipinski definition) is 0. The number of hydrogen-bond acceptors (Lipinski definition) is 2. The Morgan fingerprint density at radius 1 is 1.53 bits per heavy atom. The molecule has 0 N–H and O–H groups in total. The number of ether oxygens (including phenoxy) is 1. The highest BCUT2D eigenvalue weighted by Crippen LogP contribution is 2.23. The molecule has 0 aliphatic carbocycles. The number of Topliss-reactive ketones (excluding diaryl/α,β-unsaturated/α-hetero) is 1. The molecule has 0 spiro atoms. The second-order valence-electron chi connectivity index (χ2n) is 2.87. The van der Waals surface area contributed by atoms with Crippen LogP contribution in [0.25, 0.3) is 0 Å². The minimum absolute atomic E-state index is 0.00451. The average molecular weight is 267 g/mol. The highest BCUT2D eigenvalue weighted by molar-refractivity contribution is 9.10. The van der Waals surface area contributed by atoms with Gasteiger partial charge in [-0.2, -0.15) is 0 Å². The lowest BCUT2D eigenvalue weighted by Crippen LogP contribution is -1.99. The minimum atomic E-state index is -0.00451. The monoisotopic (exact) mass is 266 g/mol. The summed E-state index contributed by atoms with van der Waals surface area (Å²) in [6, 6.07) is 5.31. The van der Waals surface area contributed by atoms with Crippen molar-refractivity contribution < 1.29 is 9.53 Å². The zero-order chi connectivity index (χ0) is 11.3. The van der Waals surface area contributed by atoms with E-state index in [4.69, 9.17) is 4.74 Å². The second-order valence-corrected chi connectivity index (χ2v) is 3.73. The molecule has 3 heteroatoms. The molecule has 2 nitrogen and oxygen atoms in total. The van der Waals surface area contributed by atoms with Gasteiger partial charge in [-0.05, 0) is 25.1 Å². The van der Waals surface area contributed by atoms with Crippen molar-refractivity contribution in [2.24, 2.45) is 0 Å². The SMILES string of the molecule is CC#CCC(=O)c1cc(OC)ccc1Br. The Labute approximate surface area is 97.8 Å². The maximum atomic E-state index is 11.7. The van der Waals surface area contributed by atoms with Crippen LogP contribution in [-0.4, -0.2) is 12.9 Å². The first-order chi connectivity index (χ1) is 7.19. The molecule has 0 radical (unpaired) electrons. The van der Waals surface area contributed by atoms with Crippen LogP contribution in [0.4, 0.5) is 0 Å². The van der Waals surface area contributed by atoms with Crippen molar-refractivity contribution in [2.75, 3.05) is 7.11 Å². The van der Waals surface area contributed by atoms with Gasteiger partial charge in [0.1, 0.15) is 5.75 Å². The molecule has 0 unspecified atom stereocenters. The Hall–Kier alpha value is -1.27. The lowest BCUT2D eigenvalue weighted by atomic mass is 10.1. The Kier molecular flexibility index (Phi) is 4.38. The van der Waals surface area contributed by atoms with Gasteiger partial charge in [-0.1, -0.05) is 21.9 Å². The molecule has 15 heavy (non-hydrogen) atoms. The van der Waals surface area contributed by atoms with Gasteiger partial charge in [-0.25, -0.2) is 0 Å². The van der Waals surface area contributed by atoms with Crippen molar-refractivity contribution >= 4 is 21.7 Å². The molecular weight excluding hydrogens is 256 g/mol. The zero-order valence-electron chi connectivity index (χ0n) is 8.63. The third kappa shape index (κ3) is 3.10. The van der Waals surface area contributed by atoms with E-state index in [1.54, 1.807) is 32.2 Å². The first-order valence-electron chi connectivity index (χ1n) is 4.45. The minimum Gasteiger partial charge on any atom is -0.497 e. The van der Waals surface area contributed by atoms with Crippen molar-refractivity contribution in [2.45, 2.75) is 13.3 Å². The summed E-state index contributed by atoms with van der Waals surface area (Å²) in [6.07, 6.45) is 0.238. The van der Waals surface area contributed by atoms with E-state index in [9.17, 15) is 4.79 Å². The van der Waals surface area contributed by atoms with E-state index in [-0.39, 0.29) is 12.2 Å². The Morgan fingerprint density at radius 3 is 2.87 bits per heavy atom. The lowest BCUT2D eigenvalue weighted by molar-refractivity contribution is 0.0997. The molecule has 1 rings (SSSR count). The quantitative estimate of drug-likeness (QED) is 0.621. The van der Waals surface area contributed by atoms with Crippen LogP contribution in [0.2, 0.25) is 0 Å². The van der Waals surface area contributed by atoms with Gasteiger partial charge in [0.15, 0.2) is 5.78 Å². The molecule has 0 aliphatic heterocycles. The van der Waals surface area contributed by atoms with Gasteiger partial charge in [0.2, 0.25) is 0 Å². The summed E-state index contributed by atoms with van der Waals surface area (Å²) in [5.74, 6) is 6.12. The maximum absolute atomic E-state index is 11.7. The molecule has 1 aromatic rings. The molecule has 78 valence electrons. The fourth-order valence-electron chi connectivity index (χ4n) is 1.11. The Balaban J connectivity index is 2.99. The van der Waals surface area contributed by atoms with Gasteiger partial charge < -0.3 is 4.74 Å². The highest BCUT2D eigenvalue weighted by Gasteiger charge is 2.09. The first-order valence-corrected chi connectivity index (χ1v) is 5.24. The Morgan fingerprint density at radius 2 is 2.27 bits per heavy atom. The fraction of sp³-hybridized carbons (Fsp3) is 0.250. The van der Waals surface area contributed by atoms with E-state index in [1.807, 2.05) is 0 Å². The fourth-order valence-corrected chi connectivity index (χ4v) is 1.58. The van der Waals surface area contributed by atoms with Crippen LogP contribution in [0.15, 0.2) is 22.7 Å². The zero-order valence-corrected chi connectivity index (χ0v) is 10.2. The molecule has 0 atom stereocenters. The van der Waals surface area contributed by atoms with E-state index in [1.165, 1.54) is 0 Å². The van der Waals surface area contributed by atoms with Crippen LogP contribution >= 0.6 is 15.9 Å². The number of halogens is 1. The number of ketones is 1. The number of benzene rings is 1. The van der Waals surface area contributed by atoms with E-state index in [0.717, 1.165) is 4.47 Å². The van der Waals surface area contributed by atoms with Crippen molar-refractivity contribution in [3.05, 3.63) is 28.2 Å². The van der Waals surface area contributed by atoms with Crippen LogP contribution in [0, 0.1) is 11.8 Å². The smallest absolute Gasteiger partial charge is 0.175 e.